The number of fused-ring (bicyclic) bond motifs is 1. The van der Waals surface area contributed by atoms with E-state index in [1.54, 1.807) is 14.2 Å². The highest BCUT2D eigenvalue weighted by molar-refractivity contribution is 5.80. The lowest BCUT2D eigenvalue weighted by Crippen LogP contribution is -2.06. The molecule has 2 aromatic carbocycles. The zero-order valence-corrected chi connectivity index (χ0v) is 12.2. The first-order valence-electron chi connectivity index (χ1n) is 6.92. The van der Waals surface area contributed by atoms with Gasteiger partial charge in [-0.1, -0.05) is 24.3 Å². The van der Waals surface area contributed by atoms with Crippen LogP contribution in [0.25, 0.3) is 22.4 Å². The van der Waals surface area contributed by atoms with Crippen molar-refractivity contribution < 1.29 is 9.47 Å². The van der Waals surface area contributed by atoms with Crippen molar-refractivity contribution in [1.29, 1.82) is 0 Å². The van der Waals surface area contributed by atoms with Crippen molar-refractivity contribution in [3.8, 4) is 17.1 Å². The van der Waals surface area contributed by atoms with Gasteiger partial charge >= 0.3 is 0 Å². The van der Waals surface area contributed by atoms with E-state index in [2.05, 4.69) is 10.6 Å². The van der Waals surface area contributed by atoms with Crippen LogP contribution in [0.3, 0.4) is 0 Å². The summed E-state index contributed by atoms with van der Waals surface area (Å²) in [5.41, 5.74) is 3.15. The SMILES string of the molecule is COCCn1c(-c2cccc(OC)c2)nc2ccccc21. The molecule has 0 atom stereocenters. The molecule has 0 spiro atoms. The molecule has 4 heteroatoms. The van der Waals surface area contributed by atoms with Gasteiger partial charge in [-0.15, -0.1) is 0 Å². The van der Waals surface area contributed by atoms with Gasteiger partial charge in [0.1, 0.15) is 11.6 Å². The molecule has 0 fully saturated rings. The van der Waals surface area contributed by atoms with Crippen LogP contribution < -0.4 is 4.74 Å². The van der Waals surface area contributed by atoms with Gasteiger partial charge in [0.25, 0.3) is 0 Å². The molecule has 0 N–H and O–H groups in total. The Hall–Kier alpha value is -2.33. The van der Waals surface area contributed by atoms with Crippen molar-refractivity contribution in [2.45, 2.75) is 6.54 Å². The van der Waals surface area contributed by atoms with Gasteiger partial charge < -0.3 is 14.0 Å². The Morgan fingerprint density at radius 1 is 1.05 bits per heavy atom. The van der Waals surface area contributed by atoms with Crippen LogP contribution in [-0.2, 0) is 11.3 Å². The van der Waals surface area contributed by atoms with Crippen molar-refractivity contribution in [3.05, 3.63) is 48.5 Å². The van der Waals surface area contributed by atoms with E-state index in [9.17, 15) is 0 Å². The second-order valence-corrected chi connectivity index (χ2v) is 4.80. The first kappa shape index (κ1) is 13.6. The number of benzene rings is 2. The summed E-state index contributed by atoms with van der Waals surface area (Å²) in [5.74, 6) is 1.77. The minimum atomic E-state index is 0.650. The third kappa shape index (κ3) is 2.62. The third-order valence-electron chi connectivity index (χ3n) is 3.50. The zero-order chi connectivity index (χ0) is 14.7. The number of aromatic nitrogens is 2. The molecule has 4 nitrogen and oxygen atoms in total. The molecule has 1 aromatic heterocycles. The van der Waals surface area contributed by atoms with E-state index in [0.717, 1.165) is 34.7 Å². The van der Waals surface area contributed by atoms with E-state index in [-0.39, 0.29) is 0 Å². The second kappa shape index (κ2) is 5.97. The molecule has 0 amide bonds. The summed E-state index contributed by atoms with van der Waals surface area (Å²) in [7, 11) is 3.39. The smallest absolute Gasteiger partial charge is 0.141 e. The number of para-hydroxylation sites is 2. The van der Waals surface area contributed by atoms with E-state index in [1.165, 1.54) is 0 Å². The van der Waals surface area contributed by atoms with Crippen molar-refractivity contribution in [2.24, 2.45) is 0 Å². The fraction of sp³-hybridized carbons (Fsp3) is 0.235. The molecular weight excluding hydrogens is 264 g/mol. The molecule has 1 heterocycles. The molecule has 0 aliphatic rings. The Kier molecular flexibility index (Phi) is 3.88. The van der Waals surface area contributed by atoms with E-state index >= 15 is 0 Å². The number of hydrogen-bond donors (Lipinski definition) is 0. The Morgan fingerprint density at radius 3 is 2.71 bits per heavy atom. The maximum atomic E-state index is 5.31. The Labute approximate surface area is 123 Å². The summed E-state index contributed by atoms with van der Waals surface area (Å²) in [4.78, 5) is 4.76. The van der Waals surface area contributed by atoms with Crippen LogP contribution in [0.5, 0.6) is 5.75 Å². The van der Waals surface area contributed by atoms with Gasteiger partial charge in [0.15, 0.2) is 0 Å². The number of rotatable bonds is 5. The predicted molar refractivity (Wildman–Crippen MR) is 83.6 cm³/mol. The molecule has 108 valence electrons. The highest BCUT2D eigenvalue weighted by Gasteiger charge is 2.12. The molecule has 21 heavy (non-hydrogen) atoms. The highest BCUT2D eigenvalue weighted by atomic mass is 16.5. The maximum Gasteiger partial charge on any atom is 0.141 e. The summed E-state index contributed by atoms with van der Waals surface area (Å²) in [6.07, 6.45) is 0. The standard InChI is InChI=1S/C17H18N2O2/c1-20-11-10-19-16-9-4-3-8-15(16)18-17(19)13-6-5-7-14(12-13)21-2/h3-9,12H,10-11H2,1-2H3. The number of nitrogens with zero attached hydrogens (tertiary/aromatic N) is 2. The minimum Gasteiger partial charge on any atom is -0.497 e. The number of hydrogen-bond acceptors (Lipinski definition) is 3. The fourth-order valence-corrected chi connectivity index (χ4v) is 2.47. The van der Waals surface area contributed by atoms with Crippen LogP contribution in [0.1, 0.15) is 0 Å². The molecule has 0 aliphatic heterocycles. The van der Waals surface area contributed by atoms with Crippen LogP contribution in [0.4, 0.5) is 0 Å². The van der Waals surface area contributed by atoms with Crippen LogP contribution in [0.15, 0.2) is 48.5 Å². The summed E-state index contributed by atoms with van der Waals surface area (Å²) < 4.78 is 12.7. The molecule has 0 unspecified atom stereocenters. The monoisotopic (exact) mass is 282 g/mol. The number of methoxy groups -OCH3 is 2. The maximum absolute atomic E-state index is 5.31. The van der Waals surface area contributed by atoms with E-state index in [1.807, 2.05) is 42.5 Å². The van der Waals surface area contributed by atoms with Gasteiger partial charge in [-0.3, -0.25) is 0 Å². The lowest BCUT2D eigenvalue weighted by Gasteiger charge is -2.09. The van der Waals surface area contributed by atoms with Gasteiger partial charge in [0.05, 0.1) is 24.8 Å². The summed E-state index contributed by atoms with van der Waals surface area (Å²) >= 11 is 0. The van der Waals surface area contributed by atoms with Gasteiger partial charge in [-0.25, -0.2) is 4.98 Å². The Morgan fingerprint density at radius 2 is 1.90 bits per heavy atom. The lowest BCUT2D eigenvalue weighted by atomic mass is 10.2. The average Bonchev–Trinajstić information content (AvgIpc) is 2.91. The quantitative estimate of drug-likeness (QED) is 0.720. The Bertz CT molecular complexity index is 749. The normalized spacial score (nSPS) is 11.0. The highest BCUT2D eigenvalue weighted by Crippen LogP contribution is 2.27. The van der Waals surface area contributed by atoms with Crippen molar-refractivity contribution in [2.75, 3.05) is 20.8 Å². The Balaban J connectivity index is 2.15. The molecule has 0 radical (unpaired) electrons. The topological polar surface area (TPSA) is 36.3 Å². The average molecular weight is 282 g/mol. The summed E-state index contributed by atoms with van der Waals surface area (Å²) in [5, 5.41) is 0. The molecule has 0 saturated carbocycles. The molecule has 3 aromatic rings. The van der Waals surface area contributed by atoms with E-state index < -0.39 is 0 Å². The first-order valence-corrected chi connectivity index (χ1v) is 6.92. The van der Waals surface area contributed by atoms with Crippen molar-refractivity contribution in [3.63, 3.8) is 0 Å². The van der Waals surface area contributed by atoms with Gasteiger partial charge in [-0.05, 0) is 24.3 Å². The molecule has 0 saturated heterocycles. The third-order valence-corrected chi connectivity index (χ3v) is 3.50. The predicted octanol–water partition coefficient (Wildman–Crippen LogP) is 3.36. The summed E-state index contributed by atoms with van der Waals surface area (Å²) in [6.45, 7) is 1.42. The van der Waals surface area contributed by atoms with Gasteiger partial charge in [-0.2, -0.15) is 0 Å². The van der Waals surface area contributed by atoms with Crippen molar-refractivity contribution >= 4 is 11.0 Å². The van der Waals surface area contributed by atoms with Crippen LogP contribution in [0.2, 0.25) is 0 Å². The van der Waals surface area contributed by atoms with Crippen LogP contribution >= 0.6 is 0 Å². The van der Waals surface area contributed by atoms with Gasteiger partial charge in [0, 0.05) is 19.2 Å². The summed E-state index contributed by atoms with van der Waals surface area (Å²) in [6, 6.07) is 16.1. The minimum absolute atomic E-state index is 0.650. The van der Waals surface area contributed by atoms with Crippen LogP contribution in [-0.4, -0.2) is 30.4 Å². The lowest BCUT2D eigenvalue weighted by molar-refractivity contribution is 0.188. The molecule has 3 rings (SSSR count). The second-order valence-electron chi connectivity index (χ2n) is 4.80. The first-order chi connectivity index (χ1) is 10.3. The van der Waals surface area contributed by atoms with E-state index in [0.29, 0.717) is 6.61 Å². The fourth-order valence-electron chi connectivity index (χ4n) is 2.47. The van der Waals surface area contributed by atoms with Crippen LogP contribution in [0, 0.1) is 0 Å². The van der Waals surface area contributed by atoms with E-state index in [4.69, 9.17) is 14.5 Å². The number of imidazole rings is 1. The molecular formula is C17H18N2O2. The zero-order valence-electron chi connectivity index (χ0n) is 12.2. The largest absolute Gasteiger partial charge is 0.497 e. The van der Waals surface area contributed by atoms with Crippen molar-refractivity contribution in [1.82, 2.24) is 9.55 Å². The number of ether oxygens (including phenoxy) is 2. The van der Waals surface area contributed by atoms with Gasteiger partial charge in [0.2, 0.25) is 0 Å². The molecule has 0 bridgehead atoms. The molecule has 0 aliphatic carbocycles.